The van der Waals surface area contributed by atoms with E-state index in [0.29, 0.717) is 5.82 Å². The van der Waals surface area contributed by atoms with Gasteiger partial charge in [-0.3, -0.25) is 0 Å². The lowest BCUT2D eigenvalue weighted by Gasteiger charge is -2.15. The predicted octanol–water partition coefficient (Wildman–Crippen LogP) is 4.18. The van der Waals surface area contributed by atoms with E-state index in [1.807, 2.05) is 31.2 Å². The molecular weight excluding hydrogens is 255 g/mol. The van der Waals surface area contributed by atoms with Gasteiger partial charge in [0.2, 0.25) is 5.95 Å². The highest BCUT2D eigenvalue weighted by Crippen LogP contribution is 2.21. The van der Waals surface area contributed by atoms with Crippen molar-refractivity contribution in [2.45, 2.75) is 26.3 Å². The summed E-state index contributed by atoms with van der Waals surface area (Å²) in [5.74, 6) is 0.918. The Labute approximate surface area is 118 Å². The van der Waals surface area contributed by atoms with Gasteiger partial charge >= 0.3 is 0 Å². The molecule has 0 bridgehead atoms. The molecule has 1 aromatic heterocycles. The van der Waals surface area contributed by atoms with Crippen LogP contribution in [0.2, 0.25) is 0 Å². The summed E-state index contributed by atoms with van der Waals surface area (Å²) in [6.07, 6.45) is 0.991. The van der Waals surface area contributed by atoms with Gasteiger partial charge in [0, 0.05) is 6.04 Å². The Morgan fingerprint density at radius 2 is 1.95 bits per heavy atom. The zero-order valence-corrected chi connectivity index (χ0v) is 11.8. The zero-order valence-electron chi connectivity index (χ0n) is 11.8. The molecule has 0 aliphatic carbocycles. The average molecular weight is 274 g/mol. The first kappa shape index (κ1) is 14.3. The van der Waals surface area contributed by atoms with E-state index < -0.39 is 5.95 Å². The molecule has 0 aliphatic rings. The summed E-state index contributed by atoms with van der Waals surface area (Å²) in [4.78, 5) is 3.79. The number of hydrogen-bond donors (Lipinski definition) is 1. The number of ether oxygens (including phenoxy) is 1. The lowest BCUT2D eigenvalue weighted by molar-refractivity contribution is 0.317. The van der Waals surface area contributed by atoms with Crippen molar-refractivity contribution in [3.8, 4) is 5.75 Å². The van der Waals surface area contributed by atoms with E-state index in [2.05, 4.69) is 17.2 Å². The Bertz CT molecular complexity index is 542. The maximum atomic E-state index is 13.0. The Morgan fingerprint density at radius 1 is 1.20 bits per heavy atom. The molecule has 1 aromatic carbocycles. The van der Waals surface area contributed by atoms with Crippen LogP contribution in [0, 0.1) is 5.95 Å². The van der Waals surface area contributed by atoms with Gasteiger partial charge in [-0.25, -0.2) is 4.98 Å². The lowest BCUT2D eigenvalue weighted by Crippen LogP contribution is -2.08. The Balaban J connectivity index is 2.00. The van der Waals surface area contributed by atoms with E-state index in [1.165, 1.54) is 6.07 Å². The molecule has 106 valence electrons. The highest BCUT2D eigenvalue weighted by atomic mass is 19.1. The SMILES string of the molecule is CCCOc1ccc(C(C)Nc2cccc(F)n2)cc1. The second kappa shape index (κ2) is 6.89. The van der Waals surface area contributed by atoms with Crippen LogP contribution in [-0.4, -0.2) is 11.6 Å². The number of rotatable bonds is 6. The summed E-state index contributed by atoms with van der Waals surface area (Å²) in [5.41, 5.74) is 1.10. The summed E-state index contributed by atoms with van der Waals surface area (Å²) in [6, 6.07) is 12.7. The molecule has 0 fully saturated rings. The van der Waals surface area contributed by atoms with E-state index in [0.717, 1.165) is 24.3 Å². The third kappa shape index (κ3) is 3.95. The van der Waals surface area contributed by atoms with Crippen molar-refractivity contribution in [2.24, 2.45) is 0 Å². The number of pyridine rings is 1. The Morgan fingerprint density at radius 3 is 2.60 bits per heavy atom. The van der Waals surface area contributed by atoms with Gasteiger partial charge in [-0.1, -0.05) is 25.1 Å². The van der Waals surface area contributed by atoms with Gasteiger partial charge < -0.3 is 10.1 Å². The number of aromatic nitrogens is 1. The molecule has 1 N–H and O–H groups in total. The summed E-state index contributed by atoms with van der Waals surface area (Å²) >= 11 is 0. The summed E-state index contributed by atoms with van der Waals surface area (Å²) < 4.78 is 18.6. The maximum absolute atomic E-state index is 13.0. The second-order valence-corrected chi connectivity index (χ2v) is 4.63. The van der Waals surface area contributed by atoms with Gasteiger partial charge in [0.15, 0.2) is 0 Å². The molecule has 0 spiro atoms. The monoisotopic (exact) mass is 274 g/mol. The van der Waals surface area contributed by atoms with E-state index >= 15 is 0 Å². The summed E-state index contributed by atoms with van der Waals surface area (Å²) in [7, 11) is 0. The molecule has 4 heteroatoms. The lowest BCUT2D eigenvalue weighted by atomic mass is 10.1. The quantitative estimate of drug-likeness (QED) is 0.802. The van der Waals surface area contributed by atoms with Crippen LogP contribution in [0.5, 0.6) is 5.75 Å². The fourth-order valence-corrected chi connectivity index (χ4v) is 1.87. The predicted molar refractivity (Wildman–Crippen MR) is 78.5 cm³/mol. The summed E-state index contributed by atoms with van der Waals surface area (Å²) in [6.45, 7) is 4.81. The van der Waals surface area contributed by atoms with Crippen molar-refractivity contribution in [1.29, 1.82) is 0 Å². The van der Waals surface area contributed by atoms with Crippen molar-refractivity contribution in [2.75, 3.05) is 11.9 Å². The molecule has 1 heterocycles. The summed E-state index contributed by atoms with van der Waals surface area (Å²) in [5, 5.41) is 3.17. The van der Waals surface area contributed by atoms with Crippen molar-refractivity contribution < 1.29 is 9.13 Å². The van der Waals surface area contributed by atoms with Gasteiger partial charge in [-0.15, -0.1) is 0 Å². The first-order valence-electron chi connectivity index (χ1n) is 6.81. The number of hydrogen-bond acceptors (Lipinski definition) is 3. The molecule has 3 nitrogen and oxygen atoms in total. The van der Waals surface area contributed by atoms with Crippen molar-refractivity contribution in [3.05, 3.63) is 54.0 Å². The molecule has 20 heavy (non-hydrogen) atoms. The molecule has 0 amide bonds. The number of anilines is 1. The topological polar surface area (TPSA) is 34.1 Å². The fraction of sp³-hybridized carbons (Fsp3) is 0.312. The van der Waals surface area contributed by atoms with E-state index in [9.17, 15) is 4.39 Å². The largest absolute Gasteiger partial charge is 0.494 e. The number of halogens is 1. The van der Waals surface area contributed by atoms with Crippen LogP contribution in [-0.2, 0) is 0 Å². The van der Waals surface area contributed by atoms with Crippen LogP contribution >= 0.6 is 0 Å². The van der Waals surface area contributed by atoms with Crippen LogP contribution in [0.4, 0.5) is 10.2 Å². The second-order valence-electron chi connectivity index (χ2n) is 4.63. The van der Waals surface area contributed by atoms with Gasteiger partial charge in [0.05, 0.1) is 6.61 Å². The highest BCUT2D eigenvalue weighted by Gasteiger charge is 2.06. The van der Waals surface area contributed by atoms with Gasteiger partial charge in [-0.05, 0) is 43.2 Å². The fourth-order valence-electron chi connectivity index (χ4n) is 1.87. The Kier molecular flexibility index (Phi) is 4.93. The molecular formula is C16H19FN2O. The van der Waals surface area contributed by atoms with Crippen LogP contribution < -0.4 is 10.1 Å². The first-order valence-corrected chi connectivity index (χ1v) is 6.81. The van der Waals surface area contributed by atoms with Crippen LogP contribution in [0.1, 0.15) is 31.9 Å². The first-order chi connectivity index (χ1) is 9.69. The maximum Gasteiger partial charge on any atom is 0.214 e. The van der Waals surface area contributed by atoms with Gasteiger partial charge in [-0.2, -0.15) is 4.39 Å². The Hall–Kier alpha value is -2.10. The number of nitrogens with zero attached hydrogens (tertiary/aromatic N) is 1. The van der Waals surface area contributed by atoms with E-state index in [4.69, 9.17) is 4.74 Å². The molecule has 2 rings (SSSR count). The number of benzene rings is 1. The van der Waals surface area contributed by atoms with Crippen molar-refractivity contribution in [3.63, 3.8) is 0 Å². The van der Waals surface area contributed by atoms with E-state index in [-0.39, 0.29) is 6.04 Å². The standard InChI is InChI=1S/C16H19FN2O/c1-3-11-20-14-9-7-13(8-10-14)12(2)18-16-6-4-5-15(17)19-16/h4-10,12H,3,11H2,1-2H3,(H,18,19). The third-order valence-corrected chi connectivity index (χ3v) is 2.93. The molecule has 0 radical (unpaired) electrons. The minimum atomic E-state index is -0.481. The minimum absolute atomic E-state index is 0.0459. The number of nitrogens with one attached hydrogen (secondary N) is 1. The normalized spacial score (nSPS) is 11.9. The molecule has 2 aromatic rings. The van der Waals surface area contributed by atoms with E-state index in [1.54, 1.807) is 12.1 Å². The molecule has 0 saturated heterocycles. The molecule has 0 aliphatic heterocycles. The van der Waals surface area contributed by atoms with Crippen molar-refractivity contribution >= 4 is 5.82 Å². The smallest absolute Gasteiger partial charge is 0.214 e. The third-order valence-electron chi connectivity index (χ3n) is 2.93. The average Bonchev–Trinajstić information content (AvgIpc) is 2.45. The van der Waals surface area contributed by atoms with Crippen LogP contribution in [0.3, 0.4) is 0 Å². The van der Waals surface area contributed by atoms with Crippen molar-refractivity contribution in [1.82, 2.24) is 4.98 Å². The van der Waals surface area contributed by atoms with Gasteiger partial charge in [0.25, 0.3) is 0 Å². The van der Waals surface area contributed by atoms with Crippen LogP contribution in [0.15, 0.2) is 42.5 Å². The zero-order chi connectivity index (χ0) is 14.4. The van der Waals surface area contributed by atoms with Crippen LogP contribution in [0.25, 0.3) is 0 Å². The molecule has 1 atom stereocenters. The van der Waals surface area contributed by atoms with Gasteiger partial charge in [0.1, 0.15) is 11.6 Å². The molecule has 0 saturated carbocycles. The highest BCUT2D eigenvalue weighted by molar-refractivity contribution is 5.39. The minimum Gasteiger partial charge on any atom is -0.494 e. The molecule has 1 unspecified atom stereocenters.